The number of nitrogens with zero attached hydrogens (tertiary/aromatic N) is 1. The molecule has 1 aromatic rings. The van der Waals surface area contributed by atoms with Gasteiger partial charge >= 0.3 is 0 Å². The number of rotatable bonds is 7. The maximum absolute atomic E-state index is 3.47. The van der Waals surface area contributed by atoms with Gasteiger partial charge in [-0.1, -0.05) is 44.2 Å². The summed E-state index contributed by atoms with van der Waals surface area (Å²) in [5.41, 5.74) is 1.41. The molecule has 96 valence electrons. The molecule has 1 N–H and O–H groups in total. The molecular formula is C15H26N2. The van der Waals surface area contributed by atoms with Crippen LogP contribution in [0.1, 0.15) is 39.3 Å². The summed E-state index contributed by atoms with van der Waals surface area (Å²) < 4.78 is 0. The zero-order chi connectivity index (χ0) is 12.7. The molecule has 1 atom stereocenters. The molecule has 1 aromatic carbocycles. The summed E-state index contributed by atoms with van der Waals surface area (Å²) in [7, 11) is 0. The molecule has 0 heterocycles. The Balaban J connectivity index is 2.86. The van der Waals surface area contributed by atoms with Crippen LogP contribution in [0.5, 0.6) is 0 Å². The second kappa shape index (κ2) is 7.46. The molecule has 0 saturated heterocycles. The zero-order valence-corrected chi connectivity index (χ0v) is 11.6. The first kappa shape index (κ1) is 14.2. The Kier molecular flexibility index (Phi) is 6.23. The van der Waals surface area contributed by atoms with Gasteiger partial charge in [0.1, 0.15) is 0 Å². The van der Waals surface area contributed by atoms with Crippen molar-refractivity contribution in [1.29, 1.82) is 0 Å². The van der Waals surface area contributed by atoms with Crippen molar-refractivity contribution in [2.75, 3.05) is 19.6 Å². The van der Waals surface area contributed by atoms with Crippen molar-refractivity contribution in [1.82, 2.24) is 10.2 Å². The summed E-state index contributed by atoms with van der Waals surface area (Å²) >= 11 is 0. The number of benzene rings is 1. The molecule has 0 aliphatic rings. The summed E-state index contributed by atoms with van der Waals surface area (Å²) in [6, 6.07) is 11.8. The van der Waals surface area contributed by atoms with Crippen molar-refractivity contribution < 1.29 is 0 Å². The fraction of sp³-hybridized carbons (Fsp3) is 0.600. The lowest BCUT2D eigenvalue weighted by Crippen LogP contribution is -2.40. The van der Waals surface area contributed by atoms with Gasteiger partial charge in [-0.15, -0.1) is 0 Å². The summed E-state index contributed by atoms with van der Waals surface area (Å²) in [4.78, 5) is 2.54. The van der Waals surface area contributed by atoms with Crippen LogP contribution in [0.15, 0.2) is 30.3 Å². The van der Waals surface area contributed by atoms with E-state index < -0.39 is 0 Å². The smallest absolute Gasteiger partial charge is 0.0475 e. The molecule has 2 nitrogen and oxygen atoms in total. The zero-order valence-electron chi connectivity index (χ0n) is 11.6. The Hall–Kier alpha value is -0.860. The van der Waals surface area contributed by atoms with E-state index in [1.165, 1.54) is 5.56 Å². The van der Waals surface area contributed by atoms with Gasteiger partial charge in [0.05, 0.1) is 0 Å². The molecule has 0 spiro atoms. The van der Waals surface area contributed by atoms with Crippen molar-refractivity contribution in [3.63, 3.8) is 0 Å². The maximum atomic E-state index is 3.47. The van der Waals surface area contributed by atoms with E-state index in [1.807, 2.05) is 0 Å². The normalized spacial score (nSPS) is 13.3. The number of hydrogen-bond donors (Lipinski definition) is 1. The SMILES string of the molecule is CCNCC(c1ccccc1)N(CC)C(C)C. The molecule has 0 fully saturated rings. The minimum Gasteiger partial charge on any atom is -0.315 e. The third kappa shape index (κ3) is 4.14. The third-order valence-corrected chi connectivity index (χ3v) is 3.20. The van der Waals surface area contributed by atoms with Crippen LogP contribution < -0.4 is 5.32 Å². The summed E-state index contributed by atoms with van der Waals surface area (Å²) in [5, 5.41) is 3.47. The van der Waals surface area contributed by atoms with Crippen LogP contribution in [-0.2, 0) is 0 Å². The monoisotopic (exact) mass is 234 g/mol. The van der Waals surface area contributed by atoms with Crippen LogP contribution in [-0.4, -0.2) is 30.6 Å². The van der Waals surface area contributed by atoms with Crippen LogP contribution in [0.2, 0.25) is 0 Å². The van der Waals surface area contributed by atoms with E-state index in [9.17, 15) is 0 Å². The molecule has 2 heteroatoms. The van der Waals surface area contributed by atoms with Gasteiger partial charge in [-0.25, -0.2) is 0 Å². The first-order valence-corrected chi connectivity index (χ1v) is 6.72. The Labute approximate surface area is 106 Å². The average Bonchev–Trinajstić information content (AvgIpc) is 2.35. The molecule has 0 amide bonds. The molecule has 0 aliphatic heterocycles. The fourth-order valence-electron chi connectivity index (χ4n) is 2.33. The minimum atomic E-state index is 0.473. The lowest BCUT2D eigenvalue weighted by molar-refractivity contribution is 0.159. The van der Waals surface area contributed by atoms with Crippen LogP contribution >= 0.6 is 0 Å². The van der Waals surface area contributed by atoms with Gasteiger partial charge in [-0.3, -0.25) is 4.90 Å². The van der Waals surface area contributed by atoms with Crippen LogP contribution in [0.3, 0.4) is 0 Å². The van der Waals surface area contributed by atoms with Crippen molar-refractivity contribution in [2.24, 2.45) is 0 Å². The third-order valence-electron chi connectivity index (χ3n) is 3.20. The predicted molar refractivity (Wildman–Crippen MR) is 75.2 cm³/mol. The summed E-state index contributed by atoms with van der Waals surface area (Å²) in [6.45, 7) is 12.1. The van der Waals surface area contributed by atoms with E-state index in [1.54, 1.807) is 0 Å². The number of nitrogens with one attached hydrogen (secondary N) is 1. The van der Waals surface area contributed by atoms with E-state index in [0.29, 0.717) is 12.1 Å². The largest absolute Gasteiger partial charge is 0.315 e. The lowest BCUT2D eigenvalue weighted by atomic mass is 10.0. The Morgan fingerprint density at radius 3 is 2.24 bits per heavy atom. The van der Waals surface area contributed by atoms with Crippen molar-refractivity contribution in [3.8, 4) is 0 Å². The molecular weight excluding hydrogens is 208 g/mol. The van der Waals surface area contributed by atoms with Crippen LogP contribution in [0.25, 0.3) is 0 Å². The molecule has 0 bridgehead atoms. The predicted octanol–water partition coefficient (Wildman–Crippen LogP) is 3.07. The standard InChI is InChI=1S/C15H26N2/c1-5-16-12-15(17(6-2)13(3)4)14-10-8-7-9-11-14/h7-11,13,15-16H,5-6,12H2,1-4H3. The lowest BCUT2D eigenvalue weighted by Gasteiger charge is -2.34. The second-order valence-corrected chi connectivity index (χ2v) is 4.66. The van der Waals surface area contributed by atoms with E-state index in [2.05, 4.69) is 68.2 Å². The topological polar surface area (TPSA) is 15.3 Å². The number of hydrogen-bond acceptors (Lipinski definition) is 2. The average molecular weight is 234 g/mol. The molecule has 1 unspecified atom stereocenters. The highest BCUT2D eigenvalue weighted by Crippen LogP contribution is 2.21. The Bertz CT molecular complexity index is 295. The van der Waals surface area contributed by atoms with Gasteiger partial charge in [0.25, 0.3) is 0 Å². The molecule has 0 radical (unpaired) electrons. The molecule has 0 aromatic heterocycles. The van der Waals surface area contributed by atoms with Gasteiger partial charge in [0.15, 0.2) is 0 Å². The van der Waals surface area contributed by atoms with E-state index in [4.69, 9.17) is 0 Å². The quantitative estimate of drug-likeness (QED) is 0.780. The highest BCUT2D eigenvalue weighted by molar-refractivity contribution is 5.19. The first-order chi connectivity index (χ1) is 8.20. The van der Waals surface area contributed by atoms with E-state index in [-0.39, 0.29) is 0 Å². The second-order valence-electron chi connectivity index (χ2n) is 4.66. The molecule has 0 aliphatic carbocycles. The number of likely N-dealkylation sites (N-methyl/N-ethyl adjacent to an activating group) is 2. The summed E-state index contributed by atoms with van der Waals surface area (Å²) in [6.07, 6.45) is 0. The van der Waals surface area contributed by atoms with Crippen LogP contribution in [0.4, 0.5) is 0 Å². The Morgan fingerprint density at radius 2 is 1.76 bits per heavy atom. The van der Waals surface area contributed by atoms with E-state index in [0.717, 1.165) is 19.6 Å². The fourth-order valence-corrected chi connectivity index (χ4v) is 2.33. The van der Waals surface area contributed by atoms with Gasteiger partial charge < -0.3 is 5.32 Å². The van der Waals surface area contributed by atoms with Gasteiger partial charge in [0, 0.05) is 18.6 Å². The highest BCUT2D eigenvalue weighted by atomic mass is 15.2. The molecule has 0 saturated carbocycles. The molecule has 17 heavy (non-hydrogen) atoms. The minimum absolute atomic E-state index is 0.473. The maximum Gasteiger partial charge on any atom is 0.0475 e. The Morgan fingerprint density at radius 1 is 1.12 bits per heavy atom. The highest BCUT2D eigenvalue weighted by Gasteiger charge is 2.20. The molecule has 1 rings (SSSR count). The van der Waals surface area contributed by atoms with Crippen LogP contribution in [0, 0.1) is 0 Å². The first-order valence-electron chi connectivity index (χ1n) is 6.72. The van der Waals surface area contributed by atoms with Gasteiger partial charge in [-0.05, 0) is 32.5 Å². The van der Waals surface area contributed by atoms with Gasteiger partial charge in [0.2, 0.25) is 0 Å². The van der Waals surface area contributed by atoms with E-state index >= 15 is 0 Å². The summed E-state index contributed by atoms with van der Waals surface area (Å²) in [5.74, 6) is 0. The van der Waals surface area contributed by atoms with Crippen molar-refractivity contribution in [2.45, 2.75) is 39.8 Å². The van der Waals surface area contributed by atoms with Gasteiger partial charge in [-0.2, -0.15) is 0 Å². The van der Waals surface area contributed by atoms with Crippen molar-refractivity contribution in [3.05, 3.63) is 35.9 Å². The van der Waals surface area contributed by atoms with Crippen molar-refractivity contribution >= 4 is 0 Å².